The van der Waals surface area contributed by atoms with Gasteiger partial charge in [0.1, 0.15) is 17.6 Å². The fraction of sp³-hybridized carbons (Fsp3) is 0.0667. The fourth-order valence-corrected chi connectivity index (χ4v) is 1.67. The number of halogens is 2. The molecule has 0 aliphatic carbocycles. The van der Waals surface area contributed by atoms with Crippen LogP contribution in [0.4, 0.5) is 4.39 Å². The van der Waals surface area contributed by atoms with Crippen molar-refractivity contribution in [3.63, 3.8) is 0 Å². The highest BCUT2D eigenvalue weighted by molar-refractivity contribution is 6.29. The second kappa shape index (κ2) is 6.82. The van der Waals surface area contributed by atoms with Gasteiger partial charge < -0.3 is 4.74 Å². The molecule has 20 heavy (non-hydrogen) atoms. The van der Waals surface area contributed by atoms with Gasteiger partial charge in [0.2, 0.25) is 0 Å². The number of aromatic nitrogens is 1. The molecule has 0 radical (unpaired) electrons. The van der Waals surface area contributed by atoms with Gasteiger partial charge in [-0.3, -0.25) is 0 Å². The van der Waals surface area contributed by atoms with E-state index in [4.69, 9.17) is 16.3 Å². The Morgan fingerprint density at radius 1 is 1.30 bits per heavy atom. The topological polar surface area (TPSA) is 39.2 Å². The zero-order valence-electron chi connectivity index (χ0n) is 10.4. The van der Waals surface area contributed by atoms with Crippen molar-refractivity contribution in [2.75, 3.05) is 0 Å². The van der Waals surface area contributed by atoms with E-state index in [0.29, 0.717) is 5.15 Å². The van der Waals surface area contributed by atoms with E-state index >= 15 is 0 Å². The molecule has 0 aliphatic rings. The first-order valence-corrected chi connectivity index (χ1v) is 6.22. The predicted molar refractivity (Wildman–Crippen MR) is 74.5 cm³/mol. The van der Waals surface area contributed by atoms with Crippen LogP contribution in [-0.4, -0.2) is 11.0 Å². The van der Waals surface area contributed by atoms with Crippen molar-refractivity contribution in [1.82, 2.24) is 4.98 Å². The maximum absolute atomic E-state index is 12.7. The van der Waals surface area contributed by atoms with Gasteiger partial charge in [-0.2, -0.15) is 0 Å². The Morgan fingerprint density at radius 2 is 2.05 bits per heavy atom. The Labute approximate surface area is 120 Å². The highest BCUT2D eigenvalue weighted by Crippen LogP contribution is 2.09. The summed E-state index contributed by atoms with van der Waals surface area (Å²) in [4.78, 5) is 15.3. The Kier molecular flexibility index (Phi) is 4.85. The minimum absolute atomic E-state index is 0.120. The van der Waals surface area contributed by atoms with Gasteiger partial charge in [-0.15, -0.1) is 0 Å². The Bertz CT molecular complexity index is 626. The summed E-state index contributed by atoms with van der Waals surface area (Å²) < 4.78 is 17.7. The molecule has 0 saturated carbocycles. The van der Waals surface area contributed by atoms with Crippen LogP contribution in [0.25, 0.3) is 6.08 Å². The van der Waals surface area contributed by atoms with Crippen LogP contribution in [0.15, 0.2) is 48.7 Å². The molecule has 102 valence electrons. The molecule has 0 atom stereocenters. The summed E-state index contributed by atoms with van der Waals surface area (Å²) >= 11 is 5.72. The summed E-state index contributed by atoms with van der Waals surface area (Å²) in [5.74, 6) is -0.804. The molecule has 2 rings (SSSR count). The maximum Gasteiger partial charge on any atom is 0.331 e. The zero-order chi connectivity index (χ0) is 14.4. The number of hydrogen-bond donors (Lipinski definition) is 0. The Morgan fingerprint density at radius 3 is 2.75 bits per heavy atom. The summed E-state index contributed by atoms with van der Waals surface area (Å²) in [5.41, 5.74) is 1.48. The monoisotopic (exact) mass is 291 g/mol. The molecule has 0 spiro atoms. The van der Waals surface area contributed by atoms with Gasteiger partial charge in [0.15, 0.2) is 0 Å². The minimum atomic E-state index is -0.484. The largest absolute Gasteiger partial charge is 0.458 e. The molecule has 3 nitrogen and oxygen atoms in total. The SMILES string of the molecule is O=C(C=Cc1ccc(F)cc1)OCc1ccnc(Cl)c1. The lowest BCUT2D eigenvalue weighted by molar-refractivity contribution is -0.138. The molecule has 1 aromatic carbocycles. The Hall–Kier alpha value is -2.20. The van der Waals surface area contributed by atoms with E-state index < -0.39 is 5.97 Å². The van der Waals surface area contributed by atoms with Gasteiger partial charge >= 0.3 is 5.97 Å². The number of rotatable bonds is 4. The van der Waals surface area contributed by atoms with Gasteiger partial charge in [0, 0.05) is 12.3 Å². The molecule has 0 N–H and O–H groups in total. The molecule has 1 heterocycles. The summed E-state index contributed by atoms with van der Waals surface area (Å²) in [6.45, 7) is 0.120. The number of benzene rings is 1. The summed E-state index contributed by atoms with van der Waals surface area (Å²) in [5, 5.41) is 0.348. The molecule has 0 aliphatic heterocycles. The molecule has 2 aromatic rings. The number of nitrogens with zero attached hydrogens (tertiary/aromatic N) is 1. The Balaban J connectivity index is 1.88. The highest BCUT2D eigenvalue weighted by atomic mass is 35.5. The minimum Gasteiger partial charge on any atom is -0.458 e. The number of pyridine rings is 1. The van der Waals surface area contributed by atoms with Crippen LogP contribution >= 0.6 is 11.6 Å². The lowest BCUT2D eigenvalue weighted by Gasteiger charge is -2.02. The summed E-state index contributed by atoms with van der Waals surface area (Å²) in [7, 11) is 0. The van der Waals surface area contributed by atoms with Crippen molar-refractivity contribution in [2.45, 2.75) is 6.61 Å². The van der Waals surface area contributed by atoms with E-state index in [1.165, 1.54) is 18.2 Å². The van der Waals surface area contributed by atoms with E-state index in [1.54, 1.807) is 36.5 Å². The van der Waals surface area contributed by atoms with Crippen LogP contribution in [0.2, 0.25) is 5.15 Å². The molecule has 0 saturated heterocycles. The number of esters is 1. The molecular weight excluding hydrogens is 281 g/mol. The molecule has 0 bridgehead atoms. The second-order valence-electron chi connectivity index (χ2n) is 3.98. The van der Waals surface area contributed by atoms with Crippen molar-refractivity contribution in [3.8, 4) is 0 Å². The zero-order valence-corrected chi connectivity index (χ0v) is 11.2. The standard InChI is InChI=1S/C15H11ClFNO2/c16-14-9-12(7-8-18-14)10-20-15(19)6-3-11-1-4-13(17)5-2-11/h1-9H,10H2. The third-order valence-electron chi connectivity index (χ3n) is 2.45. The first-order chi connectivity index (χ1) is 9.63. The summed E-state index contributed by atoms with van der Waals surface area (Å²) in [6.07, 6.45) is 4.39. The van der Waals surface area contributed by atoms with E-state index in [9.17, 15) is 9.18 Å². The maximum atomic E-state index is 12.7. The van der Waals surface area contributed by atoms with Crippen LogP contribution in [0.5, 0.6) is 0 Å². The van der Waals surface area contributed by atoms with Gasteiger partial charge in [-0.1, -0.05) is 23.7 Å². The molecule has 0 fully saturated rings. The van der Waals surface area contributed by atoms with Gasteiger partial charge in [0.25, 0.3) is 0 Å². The van der Waals surface area contributed by atoms with Gasteiger partial charge in [-0.25, -0.2) is 14.2 Å². The lowest BCUT2D eigenvalue weighted by Crippen LogP contribution is -2.00. The highest BCUT2D eigenvalue weighted by Gasteiger charge is 2.00. The molecule has 0 unspecified atom stereocenters. The van der Waals surface area contributed by atoms with E-state index in [1.807, 2.05) is 0 Å². The number of hydrogen-bond acceptors (Lipinski definition) is 3. The lowest BCUT2D eigenvalue weighted by atomic mass is 10.2. The van der Waals surface area contributed by atoms with E-state index in [2.05, 4.69) is 4.98 Å². The second-order valence-corrected chi connectivity index (χ2v) is 4.37. The van der Waals surface area contributed by atoms with Gasteiger partial charge in [-0.05, 0) is 41.5 Å². The average Bonchev–Trinajstić information content (AvgIpc) is 2.45. The molecule has 5 heteroatoms. The fourth-order valence-electron chi connectivity index (χ4n) is 1.47. The van der Waals surface area contributed by atoms with E-state index in [0.717, 1.165) is 11.1 Å². The first-order valence-electron chi connectivity index (χ1n) is 5.84. The molecular formula is C15H11ClFNO2. The quantitative estimate of drug-likeness (QED) is 0.490. The normalized spacial score (nSPS) is 10.7. The third kappa shape index (κ3) is 4.48. The average molecular weight is 292 g/mol. The number of carbonyl (C=O) groups is 1. The predicted octanol–water partition coefficient (Wildman–Crippen LogP) is 3.63. The van der Waals surface area contributed by atoms with Gasteiger partial charge in [0.05, 0.1) is 0 Å². The van der Waals surface area contributed by atoms with Crippen molar-refractivity contribution >= 4 is 23.6 Å². The van der Waals surface area contributed by atoms with Crippen molar-refractivity contribution in [2.24, 2.45) is 0 Å². The van der Waals surface area contributed by atoms with Crippen LogP contribution in [0, 0.1) is 5.82 Å². The number of carbonyl (C=O) groups excluding carboxylic acids is 1. The van der Waals surface area contributed by atoms with Crippen molar-refractivity contribution in [3.05, 3.63) is 70.8 Å². The van der Waals surface area contributed by atoms with E-state index in [-0.39, 0.29) is 12.4 Å². The van der Waals surface area contributed by atoms with Crippen LogP contribution in [-0.2, 0) is 16.1 Å². The molecule has 0 amide bonds. The smallest absolute Gasteiger partial charge is 0.331 e. The molecule has 1 aromatic heterocycles. The van der Waals surface area contributed by atoms with Crippen LogP contribution in [0.3, 0.4) is 0 Å². The number of ether oxygens (including phenoxy) is 1. The van der Waals surface area contributed by atoms with Crippen LogP contribution in [0.1, 0.15) is 11.1 Å². The van der Waals surface area contributed by atoms with Crippen molar-refractivity contribution < 1.29 is 13.9 Å². The third-order valence-corrected chi connectivity index (χ3v) is 2.66. The first kappa shape index (κ1) is 14.2. The van der Waals surface area contributed by atoms with Crippen molar-refractivity contribution in [1.29, 1.82) is 0 Å². The summed E-state index contributed by atoms with van der Waals surface area (Å²) in [6, 6.07) is 9.12. The van der Waals surface area contributed by atoms with Crippen LogP contribution < -0.4 is 0 Å².